The second-order valence-electron chi connectivity index (χ2n) is 4.77. The Kier molecular flexibility index (Phi) is 4.94. The van der Waals surface area contributed by atoms with E-state index in [4.69, 9.17) is 0 Å². The maximum Gasteiger partial charge on any atom is 0.240 e. The van der Waals surface area contributed by atoms with Crippen LogP contribution in [0.25, 0.3) is 0 Å². The maximum atomic E-state index is 12.0. The van der Waals surface area contributed by atoms with E-state index in [0.717, 1.165) is 5.01 Å². The van der Waals surface area contributed by atoms with Gasteiger partial charge in [-0.25, -0.2) is 18.1 Å². The average molecular weight is 339 g/mol. The number of nitrogens with one attached hydrogen (secondary N) is 2. The number of aromatic nitrogens is 1. The minimum absolute atomic E-state index is 0.150. The highest BCUT2D eigenvalue weighted by atomic mass is 32.2. The van der Waals surface area contributed by atoms with Crippen LogP contribution >= 0.6 is 11.3 Å². The number of hydrogen-bond donors (Lipinski definition) is 2. The number of anilines is 1. The number of thiazole rings is 1. The zero-order valence-electron chi connectivity index (χ0n) is 12.5. The van der Waals surface area contributed by atoms with Crippen molar-refractivity contribution in [2.24, 2.45) is 0 Å². The predicted octanol–water partition coefficient (Wildman–Crippen LogP) is 1.85. The zero-order chi connectivity index (χ0) is 16.3. The van der Waals surface area contributed by atoms with Gasteiger partial charge in [0, 0.05) is 11.1 Å². The molecule has 0 fully saturated rings. The monoisotopic (exact) mass is 339 g/mol. The topological polar surface area (TPSA) is 88.2 Å². The summed E-state index contributed by atoms with van der Waals surface area (Å²) in [5, 5.41) is 5.43. The Hall–Kier alpha value is -1.77. The third-order valence-electron chi connectivity index (χ3n) is 3.04. The van der Waals surface area contributed by atoms with Gasteiger partial charge in [-0.2, -0.15) is 0 Å². The first-order valence-electron chi connectivity index (χ1n) is 6.57. The van der Waals surface area contributed by atoms with Gasteiger partial charge >= 0.3 is 0 Å². The molecule has 0 aliphatic heterocycles. The molecule has 0 bridgehead atoms. The molecule has 0 saturated heterocycles. The number of amides is 1. The summed E-state index contributed by atoms with van der Waals surface area (Å²) in [5.74, 6) is -0.234. The van der Waals surface area contributed by atoms with Crippen LogP contribution in [0.5, 0.6) is 0 Å². The van der Waals surface area contributed by atoms with Crippen LogP contribution in [0, 0.1) is 13.8 Å². The first-order chi connectivity index (χ1) is 10.3. The molecule has 8 heteroatoms. The maximum absolute atomic E-state index is 12.0. The second kappa shape index (κ2) is 6.55. The Bertz CT molecular complexity index is 797. The minimum atomic E-state index is -3.55. The lowest BCUT2D eigenvalue weighted by Gasteiger charge is -2.10. The fourth-order valence-electron chi connectivity index (χ4n) is 1.94. The van der Waals surface area contributed by atoms with E-state index < -0.39 is 10.0 Å². The van der Waals surface area contributed by atoms with E-state index in [-0.39, 0.29) is 17.2 Å². The summed E-state index contributed by atoms with van der Waals surface area (Å²) in [6.07, 6.45) is 0.159. The molecule has 118 valence electrons. The number of carbonyl (C=O) groups excluding carboxylic acids is 1. The third-order valence-corrected chi connectivity index (χ3v) is 5.42. The molecule has 0 spiro atoms. The summed E-state index contributed by atoms with van der Waals surface area (Å²) in [5.41, 5.74) is 1.76. The smallest absolute Gasteiger partial charge is 0.240 e. The van der Waals surface area contributed by atoms with Crippen LogP contribution in [0.3, 0.4) is 0 Å². The zero-order valence-corrected chi connectivity index (χ0v) is 14.1. The molecule has 22 heavy (non-hydrogen) atoms. The van der Waals surface area contributed by atoms with Gasteiger partial charge in [0.2, 0.25) is 15.9 Å². The molecule has 1 heterocycles. The molecule has 1 aromatic carbocycles. The van der Waals surface area contributed by atoms with Gasteiger partial charge in [0.15, 0.2) is 0 Å². The van der Waals surface area contributed by atoms with Gasteiger partial charge in [-0.1, -0.05) is 6.07 Å². The van der Waals surface area contributed by atoms with Gasteiger partial charge in [0.05, 0.1) is 22.0 Å². The molecule has 0 saturated carbocycles. The van der Waals surface area contributed by atoms with E-state index in [0.29, 0.717) is 16.9 Å². The average Bonchev–Trinajstić information content (AvgIpc) is 2.86. The molecule has 0 aliphatic rings. The molecular weight excluding hydrogens is 322 g/mol. The van der Waals surface area contributed by atoms with Crippen LogP contribution in [0.15, 0.2) is 28.5 Å². The Morgan fingerprint density at radius 2 is 2.05 bits per heavy atom. The van der Waals surface area contributed by atoms with Crippen LogP contribution in [0.4, 0.5) is 5.69 Å². The van der Waals surface area contributed by atoms with E-state index in [1.807, 2.05) is 12.3 Å². The molecule has 2 rings (SSSR count). The summed E-state index contributed by atoms with van der Waals surface area (Å²) in [7, 11) is -2.20. The molecule has 0 aliphatic carbocycles. The van der Waals surface area contributed by atoms with Gasteiger partial charge in [-0.15, -0.1) is 11.3 Å². The summed E-state index contributed by atoms with van der Waals surface area (Å²) in [6, 6.07) is 4.78. The first kappa shape index (κ1) is 16.6. The van der Waals surface area contributed by atoms with Crippen LogP contribution in [0.1, 0.15) is 16.3 Å². The van der Waals surface area contributed by atoms with E-state index in [1.165, 1.54) is 24.5 Å². The molecule has 1 aromatic heterocycles. The molecular formula is C14H17N3O3S2. The number of nitrogens with zero attached hydrogens (tertiary/aromatic N) is 1. The van der Waals surface area contributed by atoms with Crippen LogP contribution in [0.2, 0.25) is 0 Å². The number of benzene rings is 1. The van der Waals surface area contributed by atoms with Gasteiger partial charge in [0.1, 0.15) is 0 Å². The number of sulfonamides is 1. The van der Waals surface area contributed by atoms with Gasteiger partial charge < -0.3 is 5.32 Å². The van der Waals surface area contributed by atoms with Gasteiger partial charge in [0.25, 0.3) is 0 Å². The van der Waals surface area contributed by atoms with Crippen molar-refractivity contribution in [1.29, 1.82) is 0 Å². The van der Waals surface area contributed by atoms with E-state index in [2.05, 4.69) is 15.0 Å². The fraction of sp³-hybridized carbons (Fsp3) is 0.286. The lowest BCUT2D eigenvalue weighted by atomic mass is 10.2. The van der Waals surface area contributed by atoms with Crippen LogP contribution in [-0.4, -0.2) is 26.4 Å². The highest BCUT2D eigenvalue weighted by Crippen LogP contribution is 2.20. The minimum Gasteiger partial charge on any atom is -0.326 e. The Balaban J connectivity index is 2.16. The van der Waals surface area contributed by atoms with Gasteiger partial charge in [-0.05, 0) is 38.6 Å². The van der Waals surface area contributed by atoms with Crippen molar-refractivity contribution in [3.8, 4) is 0 Å². The summed E-state index contributed by atoms with van der Waals surface area (Å²) in [6.45, 7) is 3.58. The number of carbonyl (C=O) groups is 1. The van der Waals surface area contributed by atoms with Crippen molar-refractivity contribution in [2.75, 3.05) is 12.4 Å². The SMILES string of the molecule is CNS(=O)(=O)c1cc(NC(=O)Cc2csc(C)n2)ccc1C. The van der Waals surface area contributed by atoms with Crippen LogP contribution in [-0.2, 0) is 21.2 Å². The Morgan fingerprint density at radius 3 is 2.64 bits per heavy atom. The van der Waals surface area contributed by atoms with Crippen LogP contribution < -0.4 is 10.0 Å². The Morgan fingerprint density at radius 1 is 1.32 bits per heavy atom. The third kappa shape index (κ3) is 3.90. The summed E-state index contributed by atoms with van der Waals surface area (Å²) < 4.78 is 26.1. The van der Waals surface area contributed by atoms with E-state index >= 15 is 0 Å². The summed E-state index contributed by atoms with van der Waals surface area (Å²) >= 11 is 1.48. The normalized spacial score (nSPS) is 11.4. The second-order valence-corrected chi connectivity index (χ2v) is 7.69. The first-order valence-corrected chi connectivity index (χ1v) is 8.93. The molecule has 6 nitrogen and oxygen atoms in total. The highest BCUT2D eigenvalue weighted by molar-refractivity contribution is 7.89. The van der Waals surface area contributed by atoms with E-state index in [1.54, 1.807) is 19.1 Å². The number of hydrogen-bond acceptors (Lipinski definition) is 5. The fourth-order valence-corrected chi connectivity index (χ4v) is 3.54. The molecule has 0 unspecified atom stereocenters. The van der Waals surface area contributed by atoms with Crippen molar-refractivity contribution < 1.29 is 13.2 Å². The number of rotatable bonds is 5. The van der Waals surface area contributed by atoms with E-state index in [9.17, 15) is 13.2 Å². The lowest BCUT2D eigenvalue weighted by Crippen LogP contribution is -2.20. The molecule has 1 amide bonds. The quantitative estimate of drug-likeness (QED) is 0.870. The molecule has 2 aromatic rings. The van der Waals surface area contributed by atoms with Crippen molar-refractivity contribution in [3.63, 3.8) is 0 Å². The lowest BCUT2D eigenvalue weighted by molar-refractivity contribution is -0.115. The highest BCUT2D eigenvalue weighted by Gasteiger charge is 2.16. The number of aryl methyl sites for hydroxylation is 2. The van der Waals surface area contributed by atoms with Crippen molar-refractivity contribution >= 4 is 33.0 Å². The Labute approximate surface area is 133 Å². The predicted molar refractivity (Wildman–Crippen MR) is 86.6 cm³/mol. The van der Waals surface area contributed by atoms with Crippen molar-refractivity contribution in [2.45, 2.75) is 25.2 Å². The molecule has 0 radical (unpaired) electrons. The molecule has 2 N–H and O–H groups in total. The van der Waals surface area contributed by atoms with Gasteiger partial charge in [-0.3, -0.25) is 4.79 Å². The largest absolute Gasteiger partial charge is 0.326 e. The van der Waals surface area contributed by atoms with Crippen molar-refractivity contribution in [1.82, 2.24) is 9.71 Å². The molecule has 0 atom stereocenters. The van der Waals surface area contributed by atoms with Crippen molar-refractivity contribution in [3.05, 3.63) is 39.8 Å². The standard InChI is InChI=1S/C14H17N3O3S2/c1-9-4-5-11(6-13(9)22(19,20)15-3)17-14(18)7-12-8-21-10(2)16-12/h4-6,8,15H,7H2,1-3H3,(H,17,18). The summed E-state index contributed by atoms with van der Waals surface area (Å²) in [4.78, 5) is 16.4.